The monoisotopic (exact) mass is 491 g/mol. The van der Waals surface area contributed by atoms with Crippen LogP contribution in [0.1, 0.15) is 34.8 Å². The van der Waals surface area contributed by atoms with E-state index < -0.39 is 30.8 Å². The van der Waals surface area contributed by atoms with Crippen LogP contribution in [0.15, 0.2) is 30.7 Å². The summed E-state index contributed by atoms with van der Waals surface area (Å²) in [5.41, 5.74) is 1.81. The molecule has 1 aliphatic heterocycles. The molecule has 13 heteroatoms. The van der Waals surface area contributed by atoms with Crippen molar-refractivity contribution in [3.63, 3.8) is 0 Å². The van der Waals surface area contributed by atoms with Crippen LogP contribution in [-0.2, 0) is 16.1 Å². The first-order valence-electron chi connectivity index (χ1n) is 10.2. The highest BCUT2D eigenvalue weighted by Crippen LogP contribution is 2.40. The van der Waals surface area contributed by atoms with E-state index in [1.165, 1.54) is 20.4 Å². The summed E-state index contributed by atoms with van der Waals surface area (Å²) in [6.45, 7) is 1.49. The molecule has 35 heavy (non-hydrogen) atoms. The number of aryl methyl sites for hydroxylation is 1. The summed E-state index contributed by atoms with van der Waals surface area (Å²) in [7, 11) is 2.90. The number of rotatable bonds is 6. The molecule has 4 heterocycles. The number of alkyl halides is 3. The van der Waals surface area contributed by atoms with E-state index in [4.69, 9.17) is 14.2 Å². The number of pyridine rings is 2. The normalized spacial score (nSPS) is 15.2. The van der Waals surface area contributed by atoms with Gasteiger partial charge in [0.15, 0.2) is 5.75 Å². The molecule has 0 aliphatic carbocycles. The third kappa shape index (κ3) is 4.61. The number of halogens is 3. The maximum atomic E-state index is 13.3. The van der Waals surface area contributed by atoms with Gasteiger partial charge in [-0.3, -0.25) is 19.2 Å². The fourth-order valence-corrected chi connectivity index (χ4v) is 3.79. The van der Waals surface area contributed by atoms with E-state index in [1.807, 2.05) is 0 Å². The number of carbonyl (C=O) groups excluding carboxylic acids is 2. The predicted molar refractivity (Wildman–Crippen MR) is 115 cm³/mol. The molecule has 1 aliphatic rings. The van der Waals surface area contributed by atoms with Gasteiger partial charge in [0.2, 0.25) is 6.23 Å². The molecule has 0 saturated carbocycles. The van der Waals surface area contributed by atoms with Crippen molar-refractivity contribution in [2.75, 3.05) is 19.1 Å². The standard InChI is InChI=1S/C22H20F3N5O5/c1-11-5-15(13-6-16(33-3)19(34-4)26-7-13)28-18-17(11)20(32)30(21(18)35-12(2)31)14-8-27-29(9-14)10-22(23,24)25/h5-9,21H,10H2,1-4H3. The predicted octanol–water partition coefficient (Wildman–Crippen LogP) is 3.45. The Morgan fingerprint density at radius 1 is 1.17 bits per heavy atom. The van der Waals surface area contributed by atoms with Gasteiger partial charge in [0.25, 0.3) is 11.8 Å². The zero-order valence-electron chi connectivity index (χ0n) is 19.1. The first-order valence-corrected chi connectivity index (χ1v) is 10.2. The highest BCUT2D eigenvalue weighted by atomic mass is 19.4. The zero-order chi connectivity index (χ0) is 25.5. The van der Waals surface area contributed by atoms with Crippen LogP contribution >= 0.6 is 0 Å². The zero-order valence-corrected chi connectivity index (χ0v) is 19.1. The maximum Gasteiger partial charge on any atom is 0.408 e. The van der Waals surface area contributed by atoms with E-state index >= 15 is 0 Å². The summed E-state index contributed by atoms with van der Waals surface area (Å²) in [5, 5.41) is 3.69. The lowest BCUT2D eigenvalue weighted by atomic mass is 10.0. The van der Waals surface area contributed by atoms with Gasteiger partial charge in [-0.2, -0.15) is 18.3 Å². The van der Waals surface area contributed by atoms with E-state index in [0.29, 0.717) is 27.3 Å². The average Bonchev–Trinajstić information content (AvgIpc) is 3.33. The molecule has 4 rings (SSSR count). The molecule has 0 bridgehead atoms. The molecule has 0 spiro atoms. The molecular formula is C22H20F3N5O5. The van der Waals surface area contributed by atoms with Crippen molar-refractivity contribution in [3.8, 4) is 22.9 Å². The molecule has 10 nitrogen and oxygen atoms in total. The number of anilines is 1. The molecule has 0 aromatic carbocycles. The number of aromatic nitrogens is 4. The minimum Gasteiger partial charge on any atom is -0.491 e. The molecule has 0 fully saturated rings. The van der Waals surface area contributed by atoms with Crippen LogP contribution in [0.2, 0.25) is 0 Å². The SMILES string of the molecule is COc1cc(-c2cc(C)c3c(n2)C(OC(C)=O)N(c2cnn(CC(F)(F)F)c2)C3=O)cnc1OC. The first-order chi connectivity index (χ1) is 16.5. The average molecular weight is 491 g/mol. The van der Waals surface area contributed by atoms with Gasteiger partial charge in [0, 0.05) is 24.9 Å². The van der Waals surface area contributed by atoms with Gasteiger partial charge in [-0.25, -0.2) is 9.97 Å². The molecule has 1 atom stereocenters. The second-order valence-electron chi connectivity index (χ2n) is 7.67. The molecule has 0 radical (unpaired) electrons. The number of amides is 1. The van der Waals surface area contributed by atoms with Crippen LogP contribution in [0.25, 0.3) is 11.3 Å². The summed E-state index contributed by atoms with van der Waals surface area (Å²) in [6, 6.07) is 3.30. The summed E-state index contributed by atoms with van der Waals surface area (Å²) in [4.78, 5) is 35.0. The Bertz CT molecular complexity index is 1310. The van der Waals surface area contributed by atoms with Gasteiger partial charge in [-0.05, 0) is 24.6 Å². The van der Waals surface area contributed by atoms with Crippen LogP contribution < -0.4 is 14.4 Å². The summed E-state index contributed by atoms with van der Waals surface area (Å²) in [5.74, 6) is -0.666. The number of fused-ring (bicyclic) bond motifs is 1. The van der Waals surface area contributed by atoms with Crippen molar-refractivity contribution >= 4 is 17.6 Å². The van der Waals surface area contributed by atoms with Crippen molar-refractivity contribution in [2.45, 2.75) is 32.8 Å². The Kier molecular flexibility index (Phi) is 6.09. The van der Waals surface area contributed by atoms with Gasteiger partial charge in [-0.15, -0.1) is 0 Å². The van der Waals surface area contributed by atoms with Gasteiger partial charge >= 0.3 is 12.1 Å². The number of esters is 1. The van der Waals surface area contributed by atoms with Crippen LogP contribution in [0.3, 0.4) is 0 Å². The second-order valence-corrected chi connectivity index (χ2v) is 7.67. The maximum absolute atomic E-state index is 13.3. The molecule has 1 unspecified atom stereocenters. The van der Waals surface area contributed by atoms with Crippen molar-refractivity contribution in [1.29, 1.82) is 0 Å². The van der Waals surface area contributed by atoms with Gasteiger partial charge in [0.1, 0.15) is 12.2 Å². The highest BCUT2D eigenvalue weighted by Gasteiger charge is 2.43. The summed E-state index contributed by atoms with van der Waals surface area (Å²) < 4.78 is 54.8. The minimum atomic E-state index is -4.50. The van der Waals surface area contributed by atoms with Crippen molar-refractivity contribution < 1.29 is 37.0 Å². The minimum absolute atomic E-state index is 0.0252. The largest absolute Gasteiger partial charge is 0.491 e. The topological polar surface area (TPSA) is 109 Å². The quantitative estimate of drug-likeness (QED) is 0.483. The number of hydrogen-bond acceptors (Lipinski definition) is 8. The smallest absolute Gasteiger partial charge is 0.408 e. The molecule has 184 valence electrons. The fourth-order valence-electron chi connectivity index (χ4n) is 3.79. The lowest BCUT2D eigenvalue weighted by molar-refractivity contribution is -0.146. The van der Waals surface area contributed by atoms with Crippen LogP contribution in [0, 0.1) is 6.92 Å². The van der Waals surface area contributed by atoms with Crippen molar-refractivity contribution in [1.82, 2.24) is 19.7 Å². The third-order valence-electron chi connectivity index (χ3n) is 5.19. The van der Waals surface area contributed by atoms with E-state index in [0.717, 1.165) is 24.2 Å². The van der Waals surface area contributed by atoms with E-state index in [2.05, 4.69) is 15.1 Å². The Hall–Kier alpha value is -4.16. The van der Waals surface area contributed by atoms with E-state index in [1.54, 1.807) is 19.1 Å². The molecule has 0 saturated heterocycles. The highest BCUT2D eigenvalue weighted by molar-refractivity contribution is 6.11. The molecule has 1 amide bonds. The number of carbonyl (C=O) groups is 2. The lowest BCUT2D eigenvalue weighted by Crippen LogP contribution is -2.30. The van der Waals surface area contributed by atoms with Gasteiger partial charge in [0.05, 0.1) is 37.4 Å². The van der Waals surface area contributed by atoms with E-state index in [9.17, 15) is 22.8 Å². The Balaban J connectivity index is 1.79. The van der Waals surface area contributed by atoms with Crippen LogP contribution in [-0.4, -0.2) is 52.0 Å². The molecular weight excluding hydrogens is 471 g/mol. The van der Waals surface area contributed by atoms with Crippen molar-refractivity contribution in [2.24, 2.45) is 0 Å². The van der Waals surface area contributed by atoms with Gasteiger partial charge < -0.3 is 14.2 Å². The molecule has 3 aromatic rings. The van der Waals surface area contributed by atoms with E-state index in [-0.39, 0.29) is 22.8 Å². The van der Waals surface area contributed by atoms with Crippen LogP contribution in [0.4, 0.5) is 18.9 Å². The molecule has 0 N–H and O–H groups in total. The third-order valence-corrected chi connectivity index (χ3v) is 5.19. The lowest BCUT2D eigenvalue weighted by Gasteiger charge is -2.22. The second kappa shape index (κ2) is 8.89. The summed E-state index contributed by atoms with van der Waals surface area (Å²) >= 11 is 0. The van der Waals surface area contributed by atoms with Crippen LogP contribution in [0.5, 0.6) is 11.6 Å². The molecule has 3 aromatic heterocycles. The number of methoxy groups -OCH3 is 2. The number of nitrogens with zero attached hydrogens (tertiary/aromatic N) is 5. The number of hydrogen-bond donors (Lipinski definition) is 0. The van der Waals surface area contributed by atoms with Crippen molar-refractivity contribution in [3.05, 3.63) is 47.5 Å². The number of ether oxygens (including phenoxy) is 3. The first kappa shape index (κ1) is 24.0. The Morgan fingerprint density at radius 2 is 1.91 bits per heavy atom. The Morgan fingerprint density at radius 3 is 2.54 bits per heavy atom. The fraction of sp³-hybridized carbons (Fsp3) is 0.318. The van der Waals surface area contributed by atoms with Gasteiger partial charge in [-0.1, -0.05) is 0 Å². The summed E-state index contributed by atoms with van der Waals surface area (Å²) in [6.07, 6.45) is -2.14. The Labute approximate surface area is 197 Å².